The van der Waals surface area contributed by atoms with Crippen LogP contribution in [-0.4, -0.2) is 41.5 Å². The molecule has 2 atom stereocenters. The van der Waals surface area contributed by atoms with Crippen LogP contribution in [0.1, 0.15) is 6.42 Å². The van der Waals surface area contributed by atoms with Gasteiger partial charge in [0.1, 0.15) is 0 Å². The molecular formula is C14H17N3O2. The van der Waals surface area contributed by atoms with Gasteiger partial charge in [-0.15, -0.1) is 6.58 Å². The number of piperazine rings is 1. The number of fused-ring (bicyclic) bond motifs is 2. The summed E-state index contributed by atoms with van der Waals surface area (Å²) >= 11 is 0. The van der Waals surface area contributed by atoms with E-state index in [2.05, 4.69) is 16.4 Å². The Morgan fingerprint density at radius 1 is 1.32 bits per heavy atom. The minimum absolute atomic E-state index is 0.152. The van der Waals surface area contributed by atoms with Gasteiger partial charge in [-0.2, -0.15) is 0 Å². The number of rotatable bonds is 4. The first-order chi connectivity index (χ1) is 9.19. The molecule has 5 heteroatoms. The van der Waals surface area contributed by atoms with Crippen molar-refractivity contribution < 1.29 is 4.92 Å². The van der Waals surface area contributed by atoms with Gasteiger partial charge in [0.05, 0.1) is 4.92 Å². The van der Waals surface area contributed by atoms with Crippen molar-refractivity contribution >= 4 is 11.4 Å². The van der Waals surface area contributed by atoms with E-state index in [1.54, 1.807) is 12.1 Å². The average molecular weight is 259 g/mol. The molecule has 0 aliphatic carbocycles. The van der Waals surface area contributed by atoms with Crippen LogP contribution in [0.25, 0.3) is 0 Å². The fourth-order valence-corrected chi connectivity index (χ4v) is 3.13. The van der Waals surface area contributed by atoms with Crippen LogP contribution in [-0.2, 0) is 0 Å². The summed E-state index contributed by atoms with van der Waals surface area (Å²) in [6.07, 6.45) is 3.22. The number of nitro groups is 1. The molecule has 0 N–H and O–H groups in total. The summed E-state index contributed by atoms with van der Waals surface area (Å²) in [4.78, 5) is 15.1. The normalized spacial score (nSPS) is 25.8. The Kier molecular flexibility index (Phi) is 2.98. The fraction of sp³-hybridized carbons (Fsp3) is 0.429. The topological polar surface area (TPSA) is 49.6 Å². The Balaban J connectivity index is 1.69. The van der Waals surface area contributed by atoms with Crippen LogP contribution in [0.2, 0.25) is 0 Å². The third-order valence-corrected chi connectivity index (χ3v) is 4.11. The van der Waals surface area contributed by atoms with Gasteiger partial charge >= 0.3 is 0 Å². The van der Waals surface area contributed by atoms with Gasteiger partial charge < -0.3 is 4.90 Å². The lowest BCUT2D eigenvalue weighted by atomic mass is 9.87. The SMILES string of the molecule is C=CCN1C2CC1CN(c1ccc([N+](=O)[O-])cc1)C2. The molecule has 2 bridgehead atoms. The number of nitro benzene ring substituents is 1. The molecule has 0 spiro atoms. The first-order valence-corrected chi connectivity index (χ1v) is 6.55. The molecule has 3 fully saturated rings. The molecule has 3 saturated heterocycles. The van der Waals surface area contributed by atoms with Gasteiger partial charge in [0.15, 0.2) is 0 Å². The fourth-order valence-electron chi connectivity index (χ4n) is 3.13. The molecule has 0 saturated carbocycles. The van der Waals surface area contributed by atoms with Crippen LogP contribution in [0.5, 0.6) is 0 Å². The predicted octanol–water partition coefficient (Wildman–Crippen LogP) is 2.04. The lowest BCUT2D eigenvalue weighted by Gasteiger charge is -2.56. The summed E-state index contributed by atoms with van der Waals surface area (Å²) in [7, 11) is 0. The van der Waals surface area contributed by atoms with Gasteiger partial charge in [-0.25, -0.2) is 0 Å². The Hall–Kier alpha value is -1.88. The molecule has 1 aromatic carbocycles. The van der Waals surface area contributed by atoms with Crippen LogP contribution in [0.3, 0.4) is 0 Å². The maximum atomic E-state index is 10.6. The van der Waals surface area contributed by atoms with E-state index in [0.717, 1.165) is 25.3 Å². The van der Waals surface area contributed by atoms with Crippen molar-refractivity contribution in [3.8, 4) is 0 Å². The summed E-state index contributed by atoms with van der Waals surface area (Å²) in [5.41, 5.74) is 1.23. The molecule has 3 aliphatic rings. The van der Waals surface area contributed by atoms with E-state index >= 15 is 0 Å². The van der Waals surface area contributed by atoms with Gasteiger partial charge in [0.2, 0.25) is 0 Å². The Morgan fingerprint density at radius 3 is 2.47 bits per heavy atom. The highest BCUT2D eigenvalue weighted by molar-refractivity contribution is 5.52. The molecule has 100 valence electrons. The van der Waals surface area contributed by atoms with Crippen LogP contribution in [0.15, 0.2) is 36.9 Å². The van der Waals surface area contributed by atoms with Crippen LogP contribution >= 0.6 is 0 Å². The lowest BCUT2D eigenvalue weighted by molar-refractivity contribution is -0.384. The van der Waals surface area contributed by atoms with Gasteiger partial charge in [-0.3, -0.25) is 15.0 Å². The first-order valence-electron chi connectivity index (χ1n) is 6.55. The van der Waals surface area contributed by atoms with Crippen molar-refractivity contribution in [2.45, 2.75) is 18.5 Å². The predicted molar refractivity (Wildman–Crippen MR) is 74.4 cm³/mol. The third-order valence-electron chi connectivity index (χ3n) is 4.11. The summed E-state index contributed by atoms with van der Waals surface area (Å²) in [5, 5.41) is 10.6. The zero-order valence-electron chi connectivity index (χ0n) is 10.7. The number of hydrogen-bond donors (Lipinski definition) is 0. The number of benzene rings is 1. The second-order valence-corrected chi connectivity index (χ2v) is 5.21. The Labute approximate surface area is 112 Å². The zero-order chi connectivity index (χ0) is 13.4. The number of hydrogen-bond acceptors (Lipinski definition) is 4. The van der Waals surface area contributed by atoms with Gasteiger partial charge in [-0.05, 0) is 18.6 Å². The van der Waals surface area contributed by atoms with Crippen LogP contribution in [0, 0.1) is 10.1 Å². The summed E-state index contributed by atoms with van der Waals surface area (Å²) in [5.74, 6) is 0. The third kappa shape index (κ3) is 2.10. The average Bonchev–Trinajstić information content (AvgIpc) is 2.45. The van der Waals surface area contributed by atoms with Crippen molar-refractivity contribution in [2.24, 2.45) is 0 Å². The minimum atomic E-state index is -0.358. The van der Waals surface area contributed by atoms with Crippen molar-refractivity contribution in [3.05, 3.63) is 47.0 Å². The molecule has 2 unspecified atom stereocenters. The first kappa shape index (κ1) is 12.2. The zero-order valence-corrected chi connectivity index (χ0v) is 10.7. The number of anilines is 1. The molecule has 0 radical (unpaired) electrons. The molecular weight excluding hydrogens is 242 g/mol. The van der Waals surface area contributed by atoms with E-state index in [9.17, 15) is 10.1 Å². The quantitative estimate of drug-likeness (QED) is 0.471. The molecule has 5 nitrogen and oxygen atoms in total. The van der Waals surface area contributed by atoms with E-state index in [0.29, 0.717) is 12.1 Å². The van der Waals surface area contributed by atoms with Crippen molar-refractivity contribution in [3.63, 3.8) is 0 Å². The van der Waals surface area contributed by atoms with E-state index in [1.807, 2.05) is 18.2 Å². The molecule has 3 aliphatic heterocycles. The number of piperidine rings is 1. The van der Waals surface area contributed by atoms with Crippen molar-refractivity contribution in [1.29, 1.82) is 0 Å². The monoisotopic (exact) mass is 259 g/mol. The second kappa shape index (κ2) is 4.66. The van der Waals surface area contributed by atoms with Gasteiger partial charge in [-0.1, -0.05) is 6.08 Å². The van der Waals surface area contributed by atoms with E-state index in [4.69, 9.17) is 0 Å². The number of nitrogens with zero attached hydrogens (tertiary/aromatic N) is 3. The summed E-state index contributed by atoms with van der Waals surface area (Å²) < 4.78 is 0. The van der Waals surface area contributed by atoms with E-state index < -0.39 is 0 Å². The molecule has 3 heterocycles. The largest absolute Gasteiger partial charge is 0.368 e. The van der Waals surface area contributed by atoms with Crippen molar-refractivity contribution in [1.82, 2.24) is 4.90 Å². The smallest absolute Gasteiger partial charge is 0.269 e. The molecule has 0 aromatic heterocycles. The van der Waals surface area contributed by atoms with Crippen LogP contribution in [0.4, 0.5) is 11.4 Å². The minimum Gasteiger partial charge on any atom is -0.368 e. The van der Waals surface area contributed by atoms with Crippen molar-refractivity contribution in [2.75, 3.05) is 24.5 Å². The highest BCUT2D eigenvalue weighted by Crippen LogP contribution is 2.34. The Morgan fingerprint density at radius 2 is 1.95 bits per heavy atom. The molecule has 0 amide bonds. The van der Waals surface area contributed by atoms with E-state index in [1.165, 1.54) is 6.42 Å². The highest BCUT2D eigenvalue weighted by Gasteiger charge is 2.43. The lowest BCUT2D eigenvalue weighted by Crippen LogP contribution is -2.68. The summed E-state index contributed by atoms with van der Waals surface area (Å²) in [6, 6.07) is 8.06. The maximum Gasteiger partial charge on any atom is 0.269 e. The highest BCUT2D eigenvalue weighted by atomic mass is 16.6. The standard InChI is InChI=1S/C14H17N3O2/c1-2-7-16-13-8-14(16)10-15(9-13)11-3-5-12(6-4-11)17(18)19/h2-6,13-14H,1,7-10H2. The molecule has 4 rings (SSSR count). The molecule has 19 heavy (non-hydrogen) atoms. The van der Waals surface area contributed by atoms with E-state index in [-0.39, 0.29) is 10.6 Å². The van der Waals surface area contributed by atoms with Gasteiger partial charge in [0, 0.05) is 49.5 Å². The number of non-ortho nitro benzene ring substituents is 1. The molecule has 1 aromatic rings. The van der Waals surface area contributed by atoms with Crippen LogP contribution < -0.4 is 4.90 Å². The maximum absolute atomic E-state index is 10.6. The second-order valence-electron chi connectivity index (χ2n) is 5.21. The Bertz CT molecular complexity index is 488. The van der Waals surface area contributed by atoms with Gasteiger partial charge in [0.25, 0.3) is 5.69 Å². The summed E-state index contributed by atoms with van der Waals surface area (Å²) in [6.45, 7) is 6.76.